The summed E-state index contributed by atoms with van der Waals surface area (Å²) in [6, 6.07) is 5.78. The largest absolute Gasteiger partial charge is 0.494 e. The van der Waals surface area contributed by atoms with Crippen LogP contribution in [0, 0.1) is 5.82 Å². The van der Waals surface area contributed by atoms with Crippen molar-refractivity contribution in [2.75, 3.05) is 26.7 Å². The quantitative estimate of drug-likeness (QED) is 0.866. The molecule has 0 unspecified atom stereocenters. The molecule has 2 rings (SSSR count). The maximum atomic E-state index is 14.0. The van der Waals surface area contributed by atoms with E-state index in [4.69, 9.17) is 4.74 Å². The van der Waals surface area contributed by atoms with Crippen molar-refractivity contribution in [1.29, 1.82) is 0 Å². The minimum atomic E-state index is -0.235. The van der Waals surface area contributed by atoms with Crippen LogP contribution in [0.3, 0.4) is 0 Å². The fourth-order valence-corrected chi connectivity index (χ4v) is 2.23. The van der Waals surface area contributed by atoms with Crippen LogP contribution in [0.25, 0.3) is 0 Å². The molecule has 0 saturated carbocycles. The molecule has 0 bridgehead atoms. The van der Waals surface area contributed by atoms with Crippen LogP contribution in [0.1, 0.15) is 12.5 Å². The molecule has 1 aliphatic rings. The number of hydrogen-bond donors (Lipinski definition) is 1. The molecule has 1 saturated heterocycles. The lowest BCUT2D eigenvalue weighted by Gasteiger charge is -2.31. The van der Waals surface area contributed by atoms with E-state index in [0.29, 0.717) is 23.9 Å². The van der Waals surface area contributed by atoms with E-state index < -0.39 is 0 Å². The number of rotatable bonds is 3. The zero-order chi connectivity index (χ0) is 12.3. The first-order valence-electron chi connectivity index (χ1n) is 5.98. The van der Waals surface area contributed by atoms with Crippen LogP contribution < -0.4 is 10.1 Å². The number of nitrogens with zero attached hydrogens (tertiary/aromatic N) is 1. The molecule has 0 spiro atoms. The minimum Gasteiger partial charge on any atom is -0.494 e. The third kappa shape index (κ3) is 2.96. The van der Waals surface area contributed by atoms with Gasteiger partial charge in [-0.15, -0.1) is 0 Å². The first kappa shape index (κ1) is 12.3. The van der Waals surface area contributed by atoms with Gasteiger partial charge in [0.1, 0.15) is 0 Å². The van der Waals surface area contributed by atoms with Gasteiger partial charge in [0.25, 0.3) is 0 Å². The fourth-order valence-electron chi connectivity index (χ4n) is 2.23. The maximum absolute atomic E-state index is 14.0. The number of ether oxygens (including phenoxy) is 1. The second kappa shape index (κ2) is 5.47. The van der Waals surface area contributed by atoms with Crippen LogP contribution >= 0.6 is 0 Å². The molecule has 4 heteroatoms. The molecule has 94 valence electrons. The monoisotopic (exact) mass is 238 g/mol. The highest BCUT2D eigenvalue weighted by Gasteiger charge is 2.17. The topological polar surface area (TPSA) is 24.5 Å². The highest BCUT2D eigenvalue weighted by atomic mass is 19.1. The summed E-state index contributed by atoms with van der Waals surface area (Å²) in [5.41, 5.74) is 0.707. The van der Waals surface area contributed by atoms with Crippen LogP contribution in [0.2, 0.25) is 0 Å². The normalized spacial score (nSPS) is 21.5. The molecule has 0 amide bonds. The summed E-state index contributed by atoms with van der Waals surface area (Å²) < 4.78 is 18.9. The first-order valence-corrected chi connectivity index (χ1v) is 5.98. The van der Waals surface area contributed by atoms with Crippen LogP contribution in [-0.4, -0.2) is 37.7 Å². The van der Waals surface area contributed by atoms with Gasteiger partial charge >= 0.3 is 0 Å². The summed E-state index contributed by atoms with van der Waals surface area (Å²) >= 11 is 0. The highest BCUT2D eigenvalue weighted by molar-refractivity contribution is 5.31. The zero-order valence-electron chi connectivity index (χ0n) is 10.4. The summed E-state index contributed by atoms with van der Waals surface area (Å²) in [5.74, 6) is 0.0897. The number of benzene rings is 1. The Morgan fingerprint density at radius 2 is 2.35 bits per heavy atom. The molecular weight excluding hydrogens is 219 g/mol. The van der Waals surface area contributed by atoms with E-state index in [1.54, 1.807) is 6.07 Å². The molecule has 17 heavy (non-hydrogen) atoms. The third-order valence-electron chi connectivity index (χ3n) is 3.11. The Labute approximate surface area is 102 Å². The maximum Gasteiger partial charge on any atom is 0.169 e. The van der Waals surface area contributed by atoms with Crippen molar-refractivity contribution < 1.29 is 9.13 Å². The van der Waals surface area contributed by atoms with Crippen molar-refractivity contribution in [3.63, 3.8) is 0 Å². The molecule has 1 aromatic rings. The summed E-state index contributed by atoms with van der Waals surface area (Å²) in [7, 11) is 1.50. The zero-order valence-corrected chi connectivity index (χ0v) is 10.4. The molecule has 1 N–H and O–H groups in total. The summed E-state index contributed by atoms with van der Waals surface area (Å²) in [6.07, 6.45) is 0. The van der Waals surface area contributed by atoms with Gasteiger partial charge in [-0.05, 0) is 13.0 Å². The van der Waals surface area contributed by atoms with Gasteiger partial charge in [0.15, 0.2) is 11.6 Å². The van der Waals surface area contributed by atoms with Crippen LogP contribution in [-0.2, 0) is 6.54 Å². The Morgan fingerprint density at radius 1 is 1.53 bits per heavy atom. The van der Waals surface area contributed by atoms with Gasteiger partial charge in [-0.3, -0.25) is 4.90 Å². The Balaban J connectivity index is 2.07. The lowest BCUT2D eigenvalue weighted by molar-refractivity contribution is 0.197. The van der Waals surface area contributed by atoms with E-state index in [-0.39, 0.29) is 5.82 Å². The molecular formula is C13H19FN2O. The molecule has 1 fully saturated rings. The number of piperazine rings is 1. The number of nitrogens with one attached hydrogen (secondary N) is 1. The SMILES string of the molecule is COc1cccc(CN2CCN[C@@H](C)C2)c1F. The van der Waals surface area contributed by atoms with E-state index in [2.05, 4.69) is 17.1 Å². The summed E-state index contributed by atoms with van der Waals surface area (Å²) in [5, 5.41) is 3.37. The second-order valence-corrected chi connectivity index (χ2v) is 4.52. The molecule has 0 radical (unpaired) electrons. The molecule has 0 aliphatic carbocycles. The Bertz CT molecular complexity index is 384. The smallest absolute Gasteiger partial charge is 0.169 e. The molecule has 1 aliphatic heterocycles. The lowest BCUT2D eigenvalue weighted by Crippen LogP contribution is -2.48. The van der Waals surface area contributed by atoms with Crippen molar-refractivity contribution in [2.45, 2.75) is 19.5 Å². The lowest BCUT2D eigenvalue weighted by atomic mass is 10.1. The Hall–Kier alpha value is -1.13. The second-order valence-electron chi connectivity index (χ2n) is 4.52. The van der Waals surface area contributed by atoms with Crippen LogP contribution in [0.15, 0.2) is 18.2 Å². The van der Waals surface area contributed by atoms with Crippen molar-refractivity contribution in [3.8, 4) is 5.75 Å². The number of hydrogen-bond acceptors (Lipinski definition) is 3. The van der Waals surface area contributed by atoms with Gasteiger partial charge in [-0.1, -0.05) is 12.1 Å². The van der Waals surface area contributed by atoms with E-state index in [0.717, 1.165) is 19.6 Å². The summed E-state index contributed by atoms with van der Waals surface area (Å²) in [6.45, 7) is 5.67. The van der Waals surface area contributed by atoms with E-state index in [1.165, 1.54) is 7.11 Å². The predicted octanol–water partition coefficient (Wildman–Crippen LogP) is 1.63. The van der Waals surface area contributed by atoms with Crippen molar-refractivity contribution in [3.05, 3.63) is 29.6 Å². The average Bonchev–Trinajstić information content (AvgIpc) is 2.32. The van der Waals surface area contributed by atoms with E-state index in [1.807, 2.05) is 12.1 Å². The molecule has 1 atom stereocenters. The van der Waals surface area contributed by atoms with Gasteiger partial charge in [-0.2, -0.15) is 0 Å². The van der Waals surface area contributed by atoms with Gasteiger partial charge in [-0.25, -0.2) is 4.39 Å². The summed E-state index contributed by atoms with van der Waals surface area (Å²) in [4.78, 5) is 2.26. The highest BCUT2D eigenvalue weighted by Crippen LogP contribution is 2.21. The van der Waals surface area contributed by atoms with E-state index >= 15 is 0 Å². The molecule has 1 aromatic carbocycles. The third-order valence-corrected chi connectivity index (χ3v) is 3.11. The van der Waals surface area contributed by atoms with Gasteiger partial charge in [0.05, 0.1) is 7.11 Å². The van der Waals surface area contributed by atoms with Crippen molar-refractivity contribution >= 4 is 0 Å². The predicted molar refractivity (Wildman–Crippen MR) is 65.7 cm³/mol. The van der Waals surface area contributed by atoms with Gasteiger partial charge < -0.3 is 10.1 Å². The number of methoxy groups -OCH3 is 1. The fraction of sp³-hybridized carbons (Fsp3) is 0.538. The van der Waals surface area contributed by atoms with Crippen molar-refractivity contribution in [2.24, 2.45) is 0 Å². The van der Waals surface area contributed by atoms with Crippen LogP contribution in [0.4, 0.5) is 4.39 Å². The van der Waals surface area contributed by atoms with E-state index in [9.17, 15) is 4.39 Å². The molecule has 1 heterocycles. The minimum absolute atomic E-state index is 0.235. The Morgan fingerprint density at radius 3 is 3.06 bits per heavy atom. The molecule has 0 aromatic heterocycles. The van der Waals surface area contributed by atoms with Crippen molar-refractivity contribution in [1.82, 2.24) is 10.2 Å². The molecule has 3 nitrogen and oxygen atoms in total. The standard InChI is InChI=1S/C13H19FN2O/c1-10-8-16(7-6-15-10)9-11-4-3-5-12(17-2)13(11)14/h3-5,10,15H,6-9H2,1-2H3/t10-/m0/s1. The van der Waals surface area contributed by atoms with Gasteiger partial charge in [0, 0.05) is 37.8 Å². The number of halogens is 1. The van der Waals surface area contributed by atoms with Crippen LogP contribution in [0.5, 0.6) is 5.75 Å². The first-order chi connectivity index (χ1) is 8.20. The van der Waals surface area contributed by atoms with Gasteiger partial charge in [0.2, 0.25) is 0 Å². The Kier molecular flexibility index (Phi) is 3.97. The average molecular weight is 238 g/mol.